The molecule has 0 saturated carbocycles. The zero-order valence-electron chi connectivity index (χ0n) is 7.70. The Labute approximate surface area is 102 Å². The van der Waals surface area contributed by atoms with E-state index < -0.39 is 20.7 Å². The molecule has 1 rings (SSSR count). The molecular formula is C7H7ClFN3O2S2. The zero-order valence-corrected chi connectivity index (χ0v) is 10.1. The van der Waals surface area contributed by atoms with Gasteiger partial charge in [-0.25, -0.2) is 12.8 Å². The van der Waals surface area contributed by atoms with Gasteiger partial charge in [0.2, 0.25) is 0 Å². The molecule has 0 aliphatic heterocycles. The first-order valence-corrected chi connectivity index (χ1v) is 6.13. The SMILES string of the molecule is NC(=S)NNS(=O)(=O)c1cccc(Cl)c1F. The van der Waals surface area contributed by atoms with Crippen LogP contribution in [0.1, 0.15) is 0 Å². The van der Waals surface area contributed by atoms with E-state index in [2.05, 4.69) is 12.2 Å². The number of hydrogen-bond donors (Lipinski definition) is 3. The standard InChI is InChI=1S/C7H7ClFN3O2S2/c8-4-2-1-3-5(6(4)9)16(13,14)12-11-7(10)15/h1-3,12H,(H3,10,11,15). The van der Waals surface area contributed by atoms with Crippen LogP contribution in [0.5, 0.6) is 0 Å². The lowest BCUT2D eigenvalue weighted by Crippen LogP contribution is -2.44. The highest BCUT2D eigenvalue weighted by Crippen LogP contribution is 2.21. The molecule has 0 amide bonds. The largest absolute Gasteiger partial charge is 0.375 e. The fourth-order valence-electron chi connectivity index (χ4n) is 0.864. The van der Waals surface area contributed by atoms with Crippen LogP contribution in [0.4, 0.5) is 4.39 Å². The Morgan fingerprint density at radius 3 is 2.69 bits per heavy atom. The Balaban J connectivity index is 3.08. The number of nitrogens with one attached hydrogen (secondary N) is 2. The minimum Gasteiger partial charge on any atom is -0.375 e. The summed E-state index contributed by atoms with van der Waals surface area (Å²) >= 11 is 9.84. The van der Waals surface area contributed by atoms with E-state index in [0.717, 1.165) is 6.07 Å². The maximum absolute atomic E-state index is 13.4. The van der Waals surface area contributed by atoms with Gasteiger partial charge in [-0.05, 0) is 24.4 Å². The van der Waals surface area contributed by atoms with Gasteiger partial charge < -0.3 is 5.73 Å². The quantitative estimate of drug-likeness (QED) is 0.556. The summed E-state index contributed by atoms with van der Waals surface area (Å²) in [6, 6.07) is 3.60. The van der Waals surface area contributed by atoms with Crippen molar-refractivity contribution in [3.63, 3.8) is 0 Å². The summed E-state index contributed by atoms with van der Waals surface area (Å²) in [7, 11) is -4.10. The van der Waals surface area contributed by atoms with Crippen LogP contribution < -0.4 is 16.0 Å². The molecule has 1 aromatic rings. The summed E-state index contributed by atoms with van der Waals surface area (Å²) in [6.45, 7) is 0. The van der Waals surface area contributed by atoms with Crippen LogP contribution in [-0.2, 0) is 10.0 Å². The molecule has 5 nitrogen and oxygen atoms in total. The van der Waals surface area contributed by atoms with Crippen molar-refractivity contribution in [3.8, 4) is 0 Å². The monoisotopic (exact) mass is 283 g/mol. The third-order valence-electron chi connectivity index (χ3n) is 1.51. The molecule has 0 heterocycles. The van der Waals surface area contributed by atoms with Gasteiger partial charge in [0, 0.05) is 0 Å². The molecule has 0 aromatic heterocycles. The molecule has 0 aliphatic carbocycles. The van der Waals surface area contributed by atoms with Gasteiger partial charge in [-0.2, -0.15) is 0 Å². The Kier molecular flexibility index (Phi) is 4.03. The van der Waals surface area contributed by atoms with E-state index in [4.69, 9.17) is 17.3 Å². The van der Waals surface area contributed by atoms with Gasteiger partial charge in [0.1, 0.15) is 4.90 Å². The number of thiocarbonyl (C=S) groups is 1. The second-order valence-electron chi connectivity index (χ2n) is 2.65. The summed E-state index contributed by atoms with van der Waals surface area (Å²) in [5.74, 6) is -1.04. The lowest BCUT2D eigenvalue weighted by atomic mass is 10.3. The van der Waals surface area contributed by atoms with E-state index in [1.807, 2.05) is 5.43 Å². The molecule has 88 valence electrons. The highest BCUT2D eigenvalue weighted by molar-refractivity contribution is 7.89. The van der Waals surface area contributed by atoms with E-state index in [9.17, 15) is 12.8 Å². The maximum atomic E-state index is 13.4. The van der Waals surface area contributed by atoms with Gasteiger partial charge in [-0.3, -0.25) is 5.43 Å². The molecule has 0 spiro atoms. The topological polar surface area (TPSA) is 84.2 Å². The fraction of sp³-hybridized carbons (Fsp3) is 0. The van der Waals surface area contributed by atoms with Gasteiger partial charge in [0.15, 0.2) is 10.9 Å². The third-order valence-corrected chi connectivity index (χ3v) is 3.17. The van der Waals surface area contributed by atoms with Crippen LogP contribution in [0.2, 0.25) is 5.02 Å². The number of nitrogens with two attached hydrogens (primary N) is 1. The smallest absolute Gasteiger partial charge is 0.260 e. The van der Waals surface area contributed by atoms with Crippen molar-refractivity contribution in [1.29, 1.82) is 0 Å². The second kappa shape index (κ2) is 4.91. The van der Waals surface area contributed by atoms with E-state index in [1.165, 1.54) is 12.1 Å². The van der Waals surface area contributed by atoms with E-state index in [0.29, 0.717) is 0 Å². The highest BCUT2D eigenvalue weighted by Gasteiger charge is 2.20. The molecule has 0 saturated heterocycles. The van der Waals surface area contributed by atoms with Crippen LogP contribution in [0, 0.1) is 5.82 Å². The van der Waals surface area contributed by atoms with Crippen LogP contribution >= 0.6 is 23.8 Å². The second-order valence-corrected chi connectivity index (χ2v) is 5.14. The Morgan fingerprint density at radius 2 is 2.12 bits per heavy atom. The summed E-state index contributed by atoms with van der Waals surface area (Å²) in [4.78, 5) is 1.21. The van der Waals surface area contributed by atoms with Crippen molar-refractivity contribution >= 4 is 39.0 Å². The van der Waals surface area contributed by atoms with Crippen molar-refractivity contribution in [2.45, 2.75) is 4.90 Å². The van der Waals surface area contributed by atoms with Crippen molar-refractivity contribution < 1.29 is 12.8 Å². The predicted molar refractivity (Wildman–Crippen MR) is 61.7 cm³/mol. The minimum atomic E-state index is -4.10. The maximum Gasteiger partial charge on any atom is 0.260 e. The van der Waals surface area contributed by atoms with E-state index >= 15 is 0 Å². The summed E-state index contributed by atoms with van der Waals surface area (Å²) < 4.78 is 36.4. The first kappa shape index (κ1) is 13.1. The molecule has 0 bridgehead atoms. The summed E-state index contributed by atoms with van der Waals surface area (Å²) in [5.41, 5.74) is 7.01. The Morgan fingerprint density at radius 1 is 1.50 bits per heavy atom. The van der Waals surface area contributed by atoms with E-state index in [1.54, 1.807) is 4.83 Å². The number of rotatable bonds is 3. The van der Waals surface area contributed by atoms with Gasteiger partial charge in [0.05, 0.1) is 5.02 Å². The van der Waals surface area contributed by atoms with Gasteiger partial charge >= 0.3 is 0 Å². The number of halogens is 2. The van der Waals surface area contributed by atoms with Crippen LogP contribution in [0.15, 0.2) is 23.1 Å². The minimum absolute atomic E-state index is 0.286. The number of benzene rings is 1. The number of sulfonamides is 1. The first-order valence-electron chi connectivity index (χ1n) is 3.86. The first-order chi connectivity index (χ1) is 7.34. The van der Waals surface area contributed by atoms with Crippen LogP contribution in [0.3, 0.4) is 0 Å². The molecule has 0 aliphatic rings. The molecule has 9 heteroatoms. The summed E-state index contributed by atoms with van der Waals surface area (Å²) in [6.07, 6.45) is 0. The molecule has 0 radical (unpaired) electrons. The predicted octanol–water partition coefficient (Wildman–Crippen LogP) is 0.506. The third kappa shape index (κ3) is 3.01. The van der Waals surface area contributed by atoms with Crippen LogP contribution in [0.25, 0.3) is 0 Å². The molecule has 0 fully saturated rings. The number of hydrogen-bond acceptors (Lipinski definition) is 3. The van der Waals surface area contributed by atoms with Gasteiger partial charge in [0.25, 0.3) is 10.0 Å². The average Bonchev–Trinajstić information content (AvgIpc) is 2.19. The molecule has 0 atom stereocenters. The molecule has 1 aromatic carbocycles. The zero-order chi connectivity index (χ0) is 12.3. The number of hydrazine groups is 1. The average molecular weight is 284 g/mol. The van der Waals surface area contributed by atoms with E-state index in [-0.39, 0.29) is 10.1 Å². The highest BCUT2D eigenvalue weighted by atomic mass is 35.5. The van der Waals surface area contributed by atoms with Gasteiger partial charge in [-0.15, -0.1) is 4.83 Å². The normalized spacial score (nSPS) is 11.1. The van der Waals surface area contributed by atoms with Gasteiger partial charge in [-0.1, -0.05) is 17.7 Å². The molecule has 16 heavy (non-hydrogen) atoms. The molecular weight excluding hydrogens is 277 g/mol. The Bertz CT molecular complexity index is 520. The molecule has 4 N–H and O–H groups in total. The summed E-state index contributed by atoms with van der Waals surface area (Å²) in [5, 5.41) is -0.579. The Hall–Kier alpha value is -0.960. The van der Waals surface area contributed by atoms with Crippen molar-refractivity contribution in [3.05, 3.63) is 29.0 Å². The lowest BCUT2D eigenvalue weighted by molar-refractivity contribution is 0.554. The van der Waals surface area contributed by atoms with Crippen molar-refractivity contribution in [1.82, 2.24) is 10.3 Å². The molecule has 0 unspecified atom stereocenters. The fourth-order valence-corrected chi connectivity index (χ4v) is 2.17. The lowest BCUT2D eigenvalue weighted by Gasteiger charge is -2.08. The van der Waals surface area contributed by atoms with Crippen molar-refractivity contribution in [2.24, 2.45) is 5.73 Å². The van der Waals surface area contributed by atoms with Crippen molar-refractivity contribution in [2.75, 3.05) is 0 Å². The van der Waals surface area contributed by atoms with Crippen LogP contribution in [-0.4, -0.2) is 13.5 Å².